The van der Waals surface area contributed by atoms with Gasteiger partial charge in [-0.05, 0) is 0 Å². The average Bonchev–Trinajstić information content (AvgIpc) is 1.57. The number of hydrogen-bond donors (Lipinski definition) is 2. The summed E-state index contributed by atoms with van der Waals surface area (Å²) in [5.41, 5.74) is 0. The summed E-state index contributed by atoms with van der Waals surface area (Å²) < 4.78 is 55.0. The van der Waals surface area contributed by atoms with Crippen molar-refractivity contribution in [2.75, 3.05) is 0 Å². The van der Waals surface area contributed by atoms with Crippen LogP contribution in [0.15, 0.2) is 0 Å². The van der Waals surface area contributed by atoms with Crippen molar-refractivity contribution < 1.29 is 25.9 Å². The molecule has 1 radical (unpaired) electrons. The molecule has 0 aromatic rings. The summed E-state index contributed by atoms with van der Waals surface area (Å²) in [4.78, 5) is 0. The first kappa shape index (κ1) is 15.6. The Balaban J connectivity index is 0. The van der Waals surface area contributed by atoms with Crippen LogP contribution in [0.2, 0.25) is 0 Å². The van der Waals surface area contributed by atoms with Crippen molar-refractivity contribution >= 4 is 89.3 Å². The molecule has 0 rings (SSSR count). The summed E-state index contributed by atoms with van der Waals surface area (Å²) in [6.45, 7) is 0. The first-order valence-electron chi connectivity index (χ1n) is 1.53. The van der Waals surface area contributed by atoms with E-state index in [9.17, 15) is 16.8 Å². The minimum atomic E-state index is -4.42. The van der Waals surface area contributed by atoms with Gasteiger partial charge in [0.2, 0.25) is 0 Å². The fourth-order valence-corrected chi connectivity index (χ4v) is 5.69. The second-order valence-corrected chi connectivity index (χ2v) is 8.77. The molecule has 2 N–H and O–H groups in total. The van der Waals surface area contributed by atoms with Gasteiger partial charge in [-0.3, -0.25) is 9.11 Å². The van der Waals surface area contributed by atoms with Gasteiger partial charge in [-0.2, -0.15) is 16.8 Å². The molecule has 0 saturated heterocycles. The third-order valence-corrected chi connectivity index (χ3v) is 6.89. The van der Waals surface area contributed by atoms with E-state index in [1.807, 2.05) is 0 Å². The van der Waals surface area contributed by atoms with Crippen LogP contribution >= 0.6 is 19.7 Å². The van der Waals surface area contributed by atoms with Crippen LogP contribution in [0.5, 0.6) is 0 Å². The van der Waals surface area contributed by atoms with Gasteiger partial charge in [0.25, 0.3) is 0 Å². The molecule has 0 saturated carbocycles. The molecule has 0 aliphatic rings. The quantitative estimate of drug-likeness (QED) is 0.403. The van der Waals surface area contributed by atoms with Crippen molar-refractivity contribution in [2.45, 2.75) is 0 Å². The summed E-state index contributed by atoms with van der Waals surface area (Å²) in [5, 5.41) is 0. The predicted octanol–water partition coefficient (Wildman–Crippen LogP) is -0.407. The molecule has 0 fully saturated rings. The van der Waals surface area contributed by atoms with Crippen molar-refractivity contribution in [3.05, 3.63) is 0 Å². The maximum Gasteiger partial charge on any atom is 0.330 e. The fraction of sp³-hybridized carbons (Fsp3) is 0. The van der Waals surface area contributed by atoms with E-state index in [1.165, 1.54) is 0 Å². The third-order valence-electron chi connectivity index (χ3n) is 0.200. The van der Waals surface area contributed by atoms with Crippen molar-refractivity contribution in [3.63, 3.8) is 0 Å². The Hall–Kier alpha value is 2.16. The molecule has 63 valence electrons. The van der Waals surface area contributed by atoms with Crippen LogP contribution in [0.4, 0.5) is 0 Å². The van der Waals surface area contributed by atoms with Gasteiger partial charge >= 0.3 is 18.3 Å². The smallest absolute Gasteiger partial charge is 0.277 e. The van der Waals surface area contributed by atoms with Gasteiger partial charge in [-0.1, -0.05) is 0 Å². The molecule has 0 aromatic heterocycles. The van der Waals surface area contributed by atoms with E-state index in [0.717, 1.165) is 0 Å². The first-order chi connectivity index (χ1) is 4.21. The van der Waals surface area contributed by atoms with Crippen LogP contribution in [0.25, 0.3) is 0 Å². The summed E-state index contributed by atoms with van der Waals surface area (Å²) >= 11 is 0. The zero-order valence-electron chi connectivity index (χ0n) is 5.16. The Morgan fingerprint density at radius 1 is 0.818 bits per heavy atom. The van der Waals surface area contributed by atoms with Crippen LogP contribution < -0.4 is 0 Å². The molecule has 6 nitrogen and oxygen atoms in total. The van der Waals surface area contributed by atoms with Crippen LogP contribution in [-0.2, 0) is 18.3 Å². The first-order valence-corrected chi connectivity index (χ1v) is 7.60. The molecule has 0 unspecified atom stereocenters. The number of hydrogen-bond acceptors (Lipinski definition) is 6. The van der Waals surface area contributed by atoms with Gasteiger partial charge in [0, 0.05) is 51.4 Å². The Labute approximate surface area is 113 Å². The van der Waals surface area contributed by atoms with E-state index in [-0.39, 0.29) is 71.0 Å². The Kier molecular flexibility index (Phi) is 8.23. The minimum Gasteiger partial charge on any atom is -0.277 e. The fourth-order valence-electron chi connectivity index (χ4n) is 0.0702. The monoisotopic (exact) mass is 265 g/mol. The minimum absolute atomic E-state index is 0. The predicted molar refractivity (Wildman–Crippen MR) is 44.0 cm³/mol. The second kappa shape index (κ2) is 5.80. The van der Waals surface area contributed by atoms with E-state index in [4.69, 9.17) is 9.11 Å². The van der Waals surface area contributed by atoms with Crippen molar-refractivity contribution in [2.24, 2.45) is 0 Å². The maximum atomic E-state index is 9.80. The van der Waals surface area contributed by atoms with Crippen LogP contribution in [-0.4, -0.2) is 77.3 Å². The zero-order chi connectivity index (χ0) is 8.41. The molecule has 0 aliphatic heterocycles. The molecule has 11 heavy (non-hydrogen) atoms. The molecular formula is H2KO6S4. The van der Waals surface area contributed by atoms with Gasteiger partial charge in [0.05, 0.1) is 19.7 Å². The maximum absolute atomic E-state index is 9.80. The van der Waals surface area contributed by atoms with E-state index in [0.29, 0.717) is 0 Å². The average molecular weight is 265 g/mol. The van der Waals surface area contributed by atoms with Gasteiger partial charge in [0.15, 0.2) is 0 Å². The largest absolute Gasteiger partial charge is 0.330 e. The molecule has 0 bridgehead atoms. The standard InChI is InChI=1S/K.H2O6S4/c;1-9(2,3)7-8-10(4,5)6/h;(H,1,2,3)(H,4,5,6). The molecular weight excluding hydrogens is 263 g/mol. The molecule has 0 atom stereocenters. The van der Waals surface area contributed by atoms with Gasteiger partial charge < -0.3 is 0 Å². The van der Waals surface area contributed by atoms with Crippen molar-refractivity contribution in [1.29, 1.82) is 0 Å². The van der Waals surface area contributed by atoms with Crippen LogP contribution in [0, 0.1) is 0 Å². The zero-order valence-corrected chi connectivity index (χ0v) is 11.5. The van der Waals surface area contributed by atoms with Crippen molar-refractivity contribution in [3.8, 4) is 0 Å². The van der Waals surface area contributed by atoms with E-state index in [2.05, 4.69) is 0 Å². The Bertz CT molecular complexity index is 251. The van der Waals surface area contributed by atoms with Gasteiger partial charge in [-0.25, -0.2) is 0 Å². The Morgan fingerprint density at radius 3 is 1.09 bits per heavy atom. The number of rotatable bonds is 3. The molecule has 11 heteroatoms. The SMILES string of the molecule is O=S(=O)(O)SSS(=O)(=O)O.[K]. The molecule has 0 spiro atoms. The van der Waals surface area contributed by atoms with E-state index in [1.54, 1.807) is 0 Å². The summed E-state index contributed by atoms with van der Waals surface area (Å²) in [6, 6.07) is 0. The third kappa shape index (κ3) is 15.0. The van der Waals surface area contributed by atoms with Crippen molar-refractivity contribution in [1.82, 2.24) is 0 Å². The molecule has 0 aliphatic carbocycles. The van der Waals surface area contributed by atoms with Gasteiger partial charge in [0.1, 0.15) is 0 Å². The summed E-state index contributed by atoms with van der Waals surface area (Å²) in [7, 11) is -9.54. The second-order valence-electron chi connectivity index (χ2n) is 0.992. The van der Waals surface area contributed by atoms with E-state index < -0.39 is 18.3 Å². The molecule has 0 amide bonds. The van der Waals surface area contributed by atoms with Crippen LogP contribution in [0.1, 0.15) is 0 Å². The molecule has 0 heterocycles. The van der Waals surface area contributed by atoms with Crippen LogP contribution in [0.3, 0.4) is 0 Å². The summed E-state index contributed by atoms with van der Waals surface area (Å²) in [5.74, 6) is 0. The Morgan fingerprint density at radius 2 is 1.00 bits per heavy atom. The summed E-state index contributed by atoms with van der Waals surface area (Å²) in [6.07, 6.45) is 0. The van der Waals surface area contributed by atoms with Gasteiger partial charge in [-0.15, -0.1) is 0 Å². The molecule has 0 aromatic carbocycles. The van der Waals surface area contributed by atoms with E-state index >= 15 is 0 Å². The normalized spacial score (nSPS) is 12.2. The topological polar surface area (TPSA) is 109 Å².